The molecule has 0 amide bonds. The highest BCUT2D eigenvalue weighted by atomic mass is 15.2. The molecule has 2 aliphatic rings. The minimum absolute atomic E-state index is 0.0377. The summed E-state index contributed by atoms with van der Waals surface area (Å²) in [5, 5.41) is 12.7. The minimum Gasteiger partial charge on any atom is -0.311 e. The van der Waals surface area contributed by atoms with Crippen molar-refractivity contribution in [1.29, 1.82) is 0 Å². The summed E-state index contributed by atoms with van der Waals surface area (Å²) < 4.78 is 0. The quantitative estimate of drug-likeness (QED) is 0.126. The van der Waals surface area contributed by atoms with Crippen molar-refractivity contribution in [2.45, 2.75) is 0 Å². The first-order valence-electron chi connectivity index (χ1n) is 24.0. The molecule has 0 unspecified atom stereocenters. The molecule has 2 nitrogen and oxygen atoms in total. The molecule has 0 spiro atoms. The fraction of sp³-hybridized carbons (Fsp3) is 0. The van der Waals surface area contributed by atoms with Gasteiger partial charge in [0.2, 0.25) is 0 Å². The smallest absolute Gasteiger partial charge is 0.252 e. The van der Waals surface area contributed by atoms with E-state index >= 15 is 0 Å². The van der Waals surface area contributed by atoms with Gasteiger partial charge in [0.05, 0.1) is 0 Å². The maximum Gasteiger partial charge on any atom is 0.252 e. The molecule has 2 heterocycles. The number of nitrogens with zero attached hydrogens (tertiary/aromatic N) is 2. The van der Waals surface area contributed by atoms with Crippen molar-refractivity contribution in [2.24, 2.45) is 0 Å². The first-order valence-corrected chi connectivity index (χ1v) is 24.0. The Hall–Kier alpha value is -8.92. The van der Waals surface area contributed by atoms with Crippen molar-refractivity contribution < 1.29 is 0 Å². The Kier molecular flexibility index (Phi) is 8.19. The van der Waals surface area contributed by atoms with Crippen molar-refractivity contribution in [3.63, 3.8) is 0 Å². The van der Waals surface area contributed by atoms with E-state index in [0.717, 1.165) is 11.4 Å². The van der Waals surface area contributed by atoms with E-state index < -0.39 is 0 Å². The Balaban J connectivity index is 1.07. The van der Waals surface area contributed by atoms with Crippen molar-refractivity contribution in [1.82, 2.24) is 0 Å². The molecule has 69 heavy (non-hydrogen) atoms. The van der Waals surface area contributed by atoms with Gasteiger partial charge in [0.1, 0.15) is 0 Å². The molecule has 0 bridgehead atoms. The van der Waals surface area contributed by atoms with Gasteiger partial charge in [-0.2, -0.15) is 0 Å². The lowest BCUT2D eigenvalue weighted by Gasteiger charge is -2.45. The van der Waals surface area contributed by atoms with Gasteiger partial charge < -0.3 is 9.80 Å². The molecule has 0 N–H and O–H groups in total. The molecule has 0 saturated heterocycles. The van der Waals surface area contributed by atoms with Crippen LogP contribution in [0.5, 0.6) is 0 Å². The van der Waals surface area contributed by atoms with Crippen LogP contribution >= 0.6 is 0 Å². The van der Waals surface area contributed by atoms with Gasteiger partial charge in [-0.3, -0.25) is 0 Å². The van der Waals surface area contributed by atoms with Crippen LogP contribution in [0.3, 0.4) is 0 Å². The summed E-state index contributed by atoms with van der Waals surface area (Å²) in [5.74, 6) is 0. The predicted octanol–water partition coefficient (Wildman–Crippen LogP) is 16.0. The first-order chi connectivity index (χ1) is 34.2. The van der Waals surface area contributed by atoms with Crippen molar-refractivity contribution >= 4 is 111 Å². The molecule has 318 valence electrons. The van der Waals surface area contributed by atoms with E-state index in [1.807, 2.05) is 0 Å². The van der Waals surface area contributed by atoms with Gasteiger partial charge in [0.25, 0.3) is 6.71 Å². The van der Waals surface area contributed by atoms with Gasteiger partial charge in [-0.05, 0) is 129 Å². The summed E-state index contributed by atoms with van der Waals surface area (Å²) in [6.45, 7) is -0.0377. The van der Waals surface area contributed by atoms with Crippen LogP contribution in [0, 0.1) is 0 Å². The Labute approximate surface area is 401 Å². The first kappa shape index (κ1) is 38.2. The largest absolute Gasteiger partial charge is 0.311 e. The van der Waals surface area contributed by atoms with E-state index in [4.69, 9.17) is 0 Å². The van der Waals surface area contributed by atoms with Gasteiger partial charge >= 0.3 is 0 Å². The molecule has 0 aromatic heterocycles. The van der Waals surface area contributed by atoms with Crippen LogP contribution in [0.2, 0.25) is 0 Å². The van der Waals surface area contributed by atoms with Crippen LogP contribution in [0.4, 0.5) is 34.1 Å². The molecule has 0 radical (unpaired) electrons. The zero-order valence-corrected chi connectivity index (χ0v) is 37.6. The van der Waals surface area contributed by atoms with Gasteiger partial charge in [0, 0.05) is 44.9 Å². The number of fused-ring (bicyclic) bond motifs is 8. The van der Waals surface area contributed by atoms with Crippen molar-refractivity contribution in [2.75, 3.05) is 9.80 Å². The molecule has 0 saturated carbocycles. The zero-order chi connectivity index (χ0) is 45.2. The van der Waals surface area contributed by atoms with Crippen LogP contribution in [-0.2, 0) is 0 Å². The lowest BCUT2D eigenvalue weighted by molar-refractivity contribution is 1.27. The van der Waals surface area contributed by atoms with E-state index in [9.17, 15) is 0 Å². The standard InChI is InChI=1S/C66H41BN2/c1-3-12-42(13-4-1)44-24-32-52(33-25-44)68-60-40-51(54-36-28-50-23-22-48-18-11-19-49-29-37-57(54)63(50)62(48)49)41-61-64(60)67(58-38-30-46-16-7-9-20-55(46)65(58)68)59-39-31-47-17-8-10-21-56(47)66(59)69(61)53-34-26-45(27-35-53)43-14-5-2-6-15-43/h1-41H. The number of benzene rings is 13. The normalized spacial score (nSPS) is 12.8. The van der Waals surface area contributed by atoms with Gasteiger partial charge in [0.15, 0.2) is 0 Å². The summed E-state index contributed by atoms with van der Waals surface area (Å²) in [6, 6.07) is 93.0. The number of rotatable bonds is 5. The molecule has 13 aromatic rings. The number of hydrogen-bond acceptors (Lipinski definition) is 2. The molecule has 2 aliphatic heterocycles. The highest BCUT2D eigenvalue weighted by Gasteiger charge is 2.45. The molecule has 3 heteroatoms. The third-order valence-corrected chi connectivity index (χ3v) is 15.1. The van der Waals surface area contributed by atoms with E-state index in [0.29, 0.717) is 0 Å². The fourth-order valence-corrected chi connectivity index (χ4v) is 12.1. The summed E-state index contributed by atoms with van der Waals surface area (Å²) in [5.41, 5.74) is 18.2. The highest BCUT2D eigenvalue weighted by molar-refractivity contribution is 7.00. The van der Waals surface area contributed by atoms with E-state index in [1.165, 1.54) is 126 Å². The van der Waals surface area contributed by atoms with E-state index in [2.05, 4.69) is 259 Å². The van der Waals surface area contributed by atoms with E-state index in [-0.39, 0.29) is 6.71 Å². The lowest BCUT2D eigenvalue weighted by atomic mass is 9.33. The lowest BCUT2D eigenvalue weighted by Crippen LogP contribution is -2.61. The predicted molar refractivity (Wildman–Crippen MR) is 295 cm³/mol. The van der Waals surface area contributed by atoms with E-state index in [1.54, 1.807) is 0 Å². The molecule has 0 atom stereocenters. The monoisotopic (exact) mass is 872 g/mol. The Morgan fingerprint density at radius 2 is 0.696 bits per heavy atom. The van der Waals surface area contributed by atoms with Gasteiger partial charge in [-0.1, -0.05) is 212 Å². The topological polar surface area (TPSA) is 6.48 Å². The Bertz CT molecular complexity index is 3970. The second-order valence-corrected chi connectivity index (χ2v) is 18.8. The number of hydrogen-bond donors (Lipinski definition) is 0. The Morgan fingerprint density at radius 3 is 1.23 bits per heavy atom. The van der Waals surface area contributed by atoms with Gasteiger partial charge in [-0.25, -0.2) is 0 Å². The number of anilines is 6. The second kappa shape index (κ2) is 14.8. The maximum atomic E-state index is 2.59. The minimum atomic E-state index is -0.0377. The molecule has 0 aliphatic carbocycles. The average molecular weight is 873 g/mol. The molecule has 0 fully saturated rings. The van der Waals surface area contributed by atoms with Crippen LogP contribution in [0.25, 0.3) is 87.2 Å². The maximum absolute atomic E-state index is 2.59. The fourth-order valence-electron chi connectivity index (χ4n) is 12.1. The van der Waals surface area contributed by atoms with Crippen LogP contribution in [0.15, 0.2) is 249 Å². The van der Waals surface area contributed by atoms with Crippen LogP contribution in [0.1, 0.15) is 0 Å². The summed E-state index contributed by atoms with van der Waals surface area (Å²) in [6.07, 6.45) is 0. The second-order valence-electron chi connectivity index (χ2n) is 18.8. The third-order valence-electron chi connectivity index (χ3n) is 15.1. The SMILES string of the molecule is c1ccc(-c2ccc(N3c4cc(-c5ccc6ccc7cccc8ccc5c6c78)cc5c4B(c4ccc6ccccc6c43)c3ccc4ccccc4c3N5c3ccc(-c4ccccc4)cc3)cc2)cc1. The molecular formula is C66H41BN2. The molecule has 15 rings (SSSR count). The highest BCUT2D eigenvalue weighted by Crippen LogP contribution is 2.50. The molecular weight excluding hydrogens is 832 g/mol. The Morgan fingerprint density at radius 1 is 0.275 bits per heavy atom. The average Bonchev–Trinajstić information content (AvgIpc) is 3.42. The van der Waals surface area contributed by atoms with Crippen molar-refractivity contribution in [3.8, 4) is 33.4 Å². The van der Waals surface area contributed by atoms with Crippen molar-refractivity contribution in [3.05, 3.63) is 249 Å². The zero-order valence-electron chi connectivity index (χ0n) is 37.6. The third kappa shape index (κ3) is 5.68. The van der Waals surface area contributed by atoms with Crippen LogP contribution in [-0.4, -0.2) is 6.71 Å². The summed E-state index contributed by atoms with van der Waals surface area (Å²) >= 11 is 0. The summed E-state index contributed by atoms with van der Waals surface area (Å²) in [7, 11) is 0. The van der Waals surface area contributed by atoms with Gasteiger partial charge in [-0.15, -0.1) is 0 Å². The molecule has 13 aromatic carbocycles. The summed E-state index contributed by atoms with van der Waals surface area (Å²) in [4.78, 5) is 5.17. The van der Waals surface area contributed by atoms with Crippen LogP contribution < -0.4 is 26.2 Å².